The number of carbonyl (C=O) groups is 1. The first-order chi connectivity index (χ1) is 18.6. The fourth-order valence-corrected chi connectivity index (χ4v) is 4.79. The lowest BCUT2D eigenvalue weighted by Gasteiger charge is -2.09. The minimum atomic E-state index is -4.44. The Morgan fingerprint density at radius 3 is 2.67 bits per heavy atom. The van der Waals surface area contributed by atoms with E-state index < -0.39 is 17.6 Å². The van der Waals surface area contributed by atoms with Gasteiger partial charge in [-0.1, -0.05) is 35.3 Å². The van der Waals surface area contributed by atoms with Crippen molar-refractivity contribution in [1.29, 1.82) is 0 Å². The van der Waals surface area contributed by atoms with Crippen molar-refractivity contribution in [1.82, 2.24) is 10.4 Å². The summed E-state index contributed by atoms with van der Waals surface area (Å²) in [4.78, 5) is 16.5. The van der Waals surface area contributed by atoms with Gasteiger partial charge in [-0.15, -0.1) is 11.3 Å². The molecule has 0 atom stereocenters. The van der Waals surface area contributed by atoms with Crippen molar-refractivity contribution in [3.8, 4) is 5.75 Å². The third-order valence-corrected chi connectivity index (χ3v) is 7.24. The average molecular weight is 658 g/mol. The number of carbonyl (C=O) groups excluding carboxylic acids is 1. The van der Waals surface area contributed by atoms with Gasteiger partial charge in [-0.3, -0.25) is 4.79 Å². The molecule has 1 heterocycles. The predicted molar refractivity (Wildman–Crippen MR) is 151 cm³/mol. The Balaban J connectivity index is 1.27. The zero-order valence-corrected chi connectivity index (χ0v) is 23.6. The van der Waals surface area contributed by atoms with Gasteiger partial charge in [0.05, 0.1) is 38.4 Å². The number of benzene rings is 3. The summed E-state index contributed by atoms with van der Waals surface area (Å²) in [6, 6.07) is 15.4. The number of hydrogen-bond acceptors (Lipinski definition) is 6. The van der Waals surface area contributed by atoms with Crippen molar-refractivity contribution in [3.05, 3.63) is 103 Å². The highest BCUT2D eigenvalue weighted by atomic mass is 79.9. The number of hydrogen-bond donors (Lipinski definition) is 2. The van der Waals surface area contributed by atoms with Crippen LogP contribution >= 0.6 is 50.5 Å². The Kier molecular flexibility index (Phi) is 9.49. The van der Waals surface area contributed by atoms with Crippen LogP contribution in [-0.4, -0.2) is 17.1 Å². The van der Waals surface area contributed by atoms with Gasteiger partial charge in [-0.25, -0.2) is 10.4 Å². The van der Waals surface area contributed by atoms with Crippen LogP contribution in [0.25, 0.3) is 0 Å². The van der Waals surface area contributed by atoms with Crippen LogP contribution in [0, 0.1) is 0 Å². The lowest BCUT2D eigenvalue weighted by atomic mass is 10.2. The second kappa shape index (κ2) is 12.8. The highest BCUT2D eigenvalue weighted by Gasteiger charge is 2.30. The van der Waals surface area contributed by atoms with Gasteiger partial charge in [0.2, 0.25) is 5.91 Å². The van der Waals surface area contributed by atoms with Crippen LogP contribution in [0.1, 0.15) is 22.4 Å². The van der Waals surface area contributed by atoms with Crippen molar-refractivity contribution in [3.63, 3.8) is 0 Å². The van der Waals surface area contributed by atoms with Crippen LogP contribution in [0.2, 0.25) is 10.0 Å². The number of aromatic nitrogens is 1. The quantitative estimate of drug-likeness (QED) is 0.140. The molecule has 0 aliphatic heterocycles. The van der Waals surface area contributed by atoms with E-state index in [0.717, 1.165) is 17.7 Å². The molecular formula is C26H18BrCl2F3N4O2S. The molecule has 0 bridgehead atoms. The standard InChI is InChI=1S/C26H18BrCl2F3N4O2S/c27-20-8-15(5-7-23(20)38-13-16-4-6-21(28)22(29)9-16)12-33-36-24(37)11-19-14-39-25(35-19)34-18-3-1-2-17(10-18)26(30,31)32/h1-10,12,14H,11,13H2,(H,34,35)(H,36,37)/b33-12-. The first-order valence-electron chi connectivity index (χ1n) is 11.1. The maximum absolute atomic E-state index is 12.9. The van der Waals surface area contributed by atoms with Gasteiger partial charge in [0, 0.05) is 11.1 Å². The van der Waals surface area contributed by atoms with E-state index in [4.69, 9.17) is 27.9 Å². The molecule has 0 aliphatic rings. The van der Waals surface area contributed by atoms with Crippen LogP contribution in [0.5, 0.6) is 5.75 Å². The summed E-state index contributed by atoms with van der Waals surface area (Å²) in [5.41, 5.74) is 3.94. The van der Waals surface area contributed by atoms with E-state index in [9.17, 15) is 18.0 Å². The highest BCUT2D eigenvalue weighted by Crippen LogP contribution is 2.32. The van der Waals surface area contributed by atoms with Crippen molar-refractivity contribution in [2.24, 2.45) is 5.10 Å². The largest absolute Gasteiger partial charge is 0.488 e. The van der Waals surface area contributed by atoms with Gasteiger partial charge in [0.15, 0.2) is 5.13 Å². The highest BCUT2D eigenvalue weighted by molar-refractivity contribution is 9.10. The number of nitrogens with one attached hydrogen (secondary N) is 2. The number of anilines is 2. The van der Waals surface area contributed by atoms with Crippen molar-refractivity contribution in [2.45, 2.75) is 19.2 Å². The summed E-state index contributed by atoms with van der Waals surface area (Å²) in [6.07, 6.45) is -3.01. The van der Waals surface area contributed by atoms with Gasteiger partial charge in [0.1, 0.15) is 12.4 Å². The Morgan fingerprint density at radius 2 is 1.92 bits per heavy atom. The van der Waals surface area contributed by atoms with Crippen LogP contribution in [-0.2, 0) is 24.0 Å². The lowest BCUT2D eigenvalue weighted by Crippen LogP contribution is -2.19. The van der Waals surface area contributed by atoms with E-state index in [-0.39, 0.29) is 12.1 Å². The zero-order valence-electron chi connectivity index (χ0n) is 19.7. The molecule has 39 heavy (non-hydrogen) atoms. The third kappa shape index (κ3) is 8.43. The summed E-state index contributed by atoms with van der Waals surface area (Å²) in [7, 11) is 0. The Bertz CT molecular complexity index is 1510. The molecule has 6 nitrogen and oxygen atoms in total. The van der Waals surface area contributed by atoms with Crippen molar-refractivity contribution < 1.29 is 22.7 Å². The molecule has 202 valence electrons. The summed E-state index contributed by atoms with van der Waals surface area (Å²) in [5.74, 6) is 0.211. The number of amides is 1. The first kappa shape index (κ1) is 28.9. The molecule has 0 saturated carbocycles. The number of alkyl halides is 3. The fourth-order valence-electron chi connectivity index (χ4n) is 3.23. The molecular weight excluding hydrogens is 640 g/mol. The number of rotatable bonds is 9. The molecule has 0 radical (unpaired) electrons. The molecule has 4 aromatic rings. The van der Waals surface area contributed by atoms with E-state index in [1.54, 1.807) is 35.7 Å². The summed E-state index contributed by atoms with van der Waals surface area (Å²) in [6.45, 7) is 0.298. The summed E-state index contributed by atoms with van der Waals surface area (Å²) in [5, 5.41) is 9.73. The monoisotopic (exact) mass is 656 g/mol. The topological polar surface area (TPSA) is 75.6 Å². The van der Waals surface area contributed by atoms with Crippen LogP contribution in [0.3, 0.4) is 0 Å². The van der Waals surface area contributed by atoms with E-state index in [0.29, 0.717) is 43.3 Å². The van der Waals surface area contributed by atoms with Gasteiger partial charge in [0.25, 0.3) is 0 Å². The van der Waals surface area contributed by atoms with E-state index in [1.807, 2.05) is 6.07 Å². The molecule has 2 N–H and O–H groups in total. The molecule has 0 spiro atoms. The number of ether oxygens (including phenoxy) is 1. The number of nitrogens with zero attached hydrogens (tertiary/aromatic N) is 2. The molecule has 1 amide bonds. The predicted octanol–water partition coefficient (Wildman–Crippen LogP) is 8.25. The maximum Gasteiger partial charge on any atom is 0.416 e. The minimum Gasteiger partial charge on any atom is -0.488 e. The summed E-state index contributed by atoms with van der Waals surface area (Å²) < 4.78 is 45.2. The molecule has 13 heteroatoms. The van der Waals surface area contributed by atoms with Crippen LogP contribution in [0.15, 0.2) is 75.6 Å². The van der Waals surface area contributed by atoms with Gasteiger partial charge in [-0.05, 0) is 75.6 Å². The van der Waals surface area contributed by atoms with Gasteiger partial charge < -0.3 is 10.1 Å². The molecule has 0 unspecified atom stereocenters. The zero-order chi connectivity index (χ0) is 28.0. The fraction of sp³-hybridized carbons (Fsp3) is 0.115. The van der Waals surface area contributed by atoms with Crippen LogP contribution in [0.4, 0.5) is 24.0 Å². The number of halogens is 6. The number of hydrazone groups is 1. The Labute approximate surface area is 243 Å². The Hall–Kier alpha value is -3.12. The second-order valence-electron chi connectivity index (χ2n) is 8.04. The second-order valence-corrected chi connectivity index (χ2v) is 10.6. The SMILES string of the molecule is O=C(Cc1csc(Nc2cccc(C(F)(F)F)c2)n1)N/N=C\c1ccc(OCc2ccc(Cl)c(Cl)c2)c(Br)c1. The van der Waals surface area contributed by atoms with E-state index in [1.165, 1.54) is 29.7 Å². The normalized spacial score (nSPS) is 11.5. The maximum atomic E-state index is 12.9. The smallest absolute Gasteiger partial charge is 0.416 e. The molecule has 0 saturated heterocycles. The van der Waals surface area contributed by atoms with Gasteiger partial charge >= 0.3 is 6.18 Å². The first-order valence-corrected chi connectivity index (χ1v) is 13.6. The minimum absolute atomic E-state index is 0.0523. The van der Waals surface area contributed by atoms with Crippen LogP contribution < -0.4 is 15.5 Å². The van der Waals surface area contributed by atoms with Crippen molar-refractivity contribution in [2.75, 3.05) is 5.32 Å². The van der Waals surface area contributed by atoms with Gasteiger partial charge in [-0.2, -0.15) is 18.3 Å². The van der Waals surface area contributed by atoms with E-state index >= 15 is 0 Å². The number of thiazole rings is 1. The van der Waals surface area contributed by atoms with Crippen molar-refractivity contribution >= 4 is 73.4 Å². The molecule has 4 rings (SSSR count). The average Bonchev–Trinajstić information content (AvgIpc) is 3.31. The van der Waals surface area contributed by atoms with E-state index in [2.05, 4.69) is 36.8 Å². The molecule has 1 aromatic heterocycles. The molecule has 3 aromatic carbocycles. The summed E-state index contributed by atoms with van der Waals surface area (Å²) >= 11 is 16.6. The Morgan fingerprint density at radius 1 is 1.10 bits per heavy atom. The third-order valence-electron chi connectivity index (χ3n) is 5.07. The lowest BCUT2D eigenvalue weighted by molar-refractivity contribution is -0.137. The molecule has 0 fully saturated rings. The molecule has 0 aliphatic carbocycles.